The fourth-order valence-electron chi connectivity index (χ4n) is 2.45. The van der Waals surface area contributed by atoms with Crippen molar-refractivity contribution in [2.45, 2.75) is 13.0 Å². The van der Waals surface area contributed by atoms with Crippen LogP contribution in [0.4, 0.5) is 4.39 Å². The van der Waals surface area contributed by atoms with Crippen LogP contribution in [-0.2, 0) is 13.0 Å². The van der Waals surface area contributed by atoms with E-state index in [1.165, 1.54) is 12.1 Å². The molecule has 2 aromatic rings. The van der Waals surface area contributed by atoms with Crippen LogP contribution in [0, 0.1) is 5.82 Å². The molecule has 0 bridgehead atoms. The summed E-state index contributed by atoms with van der Waals surface area (Å²) in [5.41, 5.74) is 2.75. The topological polar surface area (TPSA) is 56.7 Å². The molecule has 0 radical (unpaired) electrons. The van der Waals surface area contributed by atoms with Gasteiger partial charge in [0.1, 0.15) is 5.82 Å². The van der Waals surface area contributed by atoms with Gasteiger partial charge in [-0.25, -0.2) is 4.39 Å². The molecule has 146 valence electrons. The minimum atomic E-state index is -0.244. The third-order valence-corrected chi connectivity index (χ3v) is 3.88. The van der Waals surface area contributed by atoms with Gasteiger partial charge in [-0.1, -0.05) is 24.3 Å². The lowest BCUT2D eigenvalue weighted by Gasteiger charge is -2.13. The van der Waals surface area contributed by atoms with Crippen LogP contribution in [0.15, 0.2) is 53.5 Å². The SMILES string of the molecule is CN=C(NCCc1cccc(C(=O)N(C)C)c1)NCc1ccc(F)cc1.I. The summed E-state index contributed by atoms with van der Waals surface area (Å²) in [4.78, 5) is 17.8. The number of hydrogen-bond donors (Lipinski definition) is 2. The number of hydrogen-bond acceptors (Lipinski definition) is 2. The van der Waals surface area contributed by atoms with Crippen LogP contribution >= 0.6 is 24.0 Å². The first kappa shape index (κ1) is 22.9. The second-order valence-corrected chi connectivity index (χ2v) is 6.13. The number of halogens is 2. The molecule has 27 heavy (non-hydrogen) atoms. The molecule has 0 aliphatic carbocycles. The van der Waals surface area contributed by atoms with E-state index in [4.69, 9.17) is 0 Å². The van der Waals surface area contributed by atoms with Crippen LogP contribution in [0.25, 0.3) is 0 Å². The van der Waals surface area contributed by atoms with Crippen LogP contribution in [0.5, 0.6) is 0 Å². The third kappa shape index (κ3) is 7.54. The predicted octanol–water partition coefficient (Wildman–Crippen LogP) is 3.05. The number of carbonyl (C=O) groups excluding carboxylic acids is 1. The van der Waals surface area contributed by atoms with E-state index in [0.29, 0.717) is 24.6 Å². The average molecular weight is 484 g/mol. The molecule has 2 rings (SSSR count). The lowest BCUT2D eigenvalue weighted by molar-refractivity contribution is 0.0827. The molecular formula is C20H26FIN4O. The first-order valence-corrected chi connectivity index (χ1v) is 8.49. The maximum absolute atomic E-state index is 12.9. The molecule has 0 heterocycles. The molecule has 0 unspecified atom stereocenters. The Morgan fingerprint density at radius 1 is 1.07 bits per heavy atom. The highest BCUT2D eigenvalue weighted by Gasteiger charge is 2.08. The number of guanidine groups is 1. The lowest BCUT2D eigenvalue weighted by Crippen LogP contribution is -2.37. The van der Waals surface area contributed by atoms with Gasteiger partial charge in [0.2, 0.25) is 0 Å². The number of benzene rings is 2. The molecular weight excluding hydrogens is 458 g/mol. The van der Waals surface area contributed by atoms with Gasteiger partial charge in [0.25, 0.3) is 5.91 Å². The molecule has 0 atom stereocenters. The van der Waals surface area contributed by atoms with Crippen molar-refractivity contribution in [3.8, 4) is 0 Å². The zero-order valence-corrected chi connectivity index (χ0v) is 18.2. The third-order valence-electron chi connectivity index (χ3n) is 3.88. The molecule has 0 saturated heterocycles. The molecule has 0 spiro atoms. The molecule has 0 aliphatic heterocycles. The van der Waals surface area contributed by atoms with Gasteiger partial charge < -0.3 is 15.5 Å². The van der Waals surface area contributed by atoms with Crippen molar-refractivity contribution >= 4 is 35.8 Å². The molecule has 1 amide bonds. The molecule has 0 aromatic heterocycles. The quantitative estimate of drug-likeness (QED) is 0.377. The Bertz CT molecular complexity index is 763. The molecule has 2 N–H and O–H groups in total. The molecule has 0 aliphatic rings. The summed E-state index contributed by atoms with van der Waals surface area (Å²) < 4.78 is 12.9. The summed E-state index contributed by atoms with van der Waals surface area (Å²) in [5, 5.41) is 6.43. The van der Waals surface area contributed by atoms with Crippen LogP contribution < -0.4 is 10.6 Å². The minimum Gasteiger partial charge on any atom is -0.356 e. The summed E-state index contributed by atoms with van der Waals surface area (Å²) in [6.45, 7) is 1.25. The summed E-state index contributed by atoms with van der Waals surface area (Å²) in [6, 6.07) is 14.0. The second-order valence-electron chi connectivity index (χ2n) is 6.13. The first-order chi connectivity index (χ1) is 12.5. The largest absolute Gasteiger partial charge is 0.356 e. The summed E-state index contributed by atoms with van der Waals surface area (Å²) >= 11 is 0. The second kappa shape index (κ2) is 11.5. The number of amides is 1. The maximum Gasteiger partial charge on any atom is 0.253 e. The van der Waals surface area contributed by atoms with Crippen molar-refractivity contribution in [3.63, 3.8) is 0 Å². The fraction of sp³-hybridized carbons (Fsp3) is 0.300. The van der Waals surface area contributed by atoms with Gasteiger partial charge in [0.05, 0.1) is 0 Å². The van der Waals surface area contributed by atoms with E-state index in [1.54, 1.807) is 38.2 Å². The van der Waals surface area contributed by atoms with Crippen LogP contribution in [0.2, 0.25) is 0 Å². The highest BCUT2D eigenvalue weighted by Crippen LogP contribution is 2.08. The molecule has 2 aromatic carbocycles. The Balaban J connectivity index is 0.00000364. The average Bonchev–Trinajstić information content (AvgIpc) is 2.65. The van der Waals surface area contributed by atoms with Crippen LogP contribution in [0.1, 0.15) is 21.5 Å². The maximum atomic E-state index is 12.9. The zero-order chi connectivity index (χ0) is 18.9. The molecule has 5 nitrogen and oxygen atoms in total. The number of nitrogens with one attached hydrogen (secondary N) is 2. The van der Waals surface area contributed by atoms with Crippen molar-refractivity contribution < 1.29 is 9.18 Å². The van der Waals surface area contributed by atoms with E-state index < -0.39 is 0 Å². The van der Waals surface area contributed by atoms with Gasteiger partial charge in [-0.2, -0.15) is 0 Å². The van der Waals surface area contributed by atoms with Gasteiger partial charge in [-0.15, -0.1) is 24.0 Å². The van der Waals surface area contributed by atoms with E-state index in [9.17, 15) is 9.18 Å². The normalized spacial score (nSPS) is 10.7. The smallest absolute Gasteiger partial charge is 0.253 e. The van der Waals surface area contributed by atoms with Gasteiger partial charge in [-0.3, -0.25) is 9.79 Å². The Labute approximate surface area is 177 Å². The van der Waals surface area contributed by atoms with Crippen LogP contribution in [0.3, 0.4) is 0 Å². The van der Waals surface area contributed by atoms with Gasteiger partial charge in [0, 0.05) is 39.8 Å². The van der Waals surface area contributed by atoms with E-state index in [0.717, 1.165) is 17.5 Å². The van der Waals surface area contributed by atoms with Gasteiger partial charge in [0.15, 0.2) is 5.96 Å². The number of nitrogens with zero attached hydrogens (tertiary/aromatic N) is 2. The van der Waals surface area contributed by atoms with E-state index in [1.807, 2.05) is 24.3 Å². The van der Waals surface area contributed by atoms with Crippen molar-refractivity contribution in [1.82, 2.24) is 15.5 Å². The van der Waals surface area contributed by atoms with Crippen molar-refractivity contribution in [1.29, 1.82) is 0 Å². The number of aliphatic imine (C=N–C) groups is 1. The molecule has 0 fully saturated rings. The Morgan fingerprint density at radius 3 is 2.41 bits per heavy atom. The zero-order valence-electron chi connectivity index (χ0n) is 15.8. The van der Waals surface area contributed by atoms with Crippen molar-refractivity contribution in [2.24, 2.45) is 4.99 Å². The van der Waals surface area contributed by atoms with Gasteiger partial charge in [-0.05, 0) is 41.8 Å². The molecule has 0 saturated carbocycles. The van der Waals surface area contributed by atoms with Crippen LogP contribution in [-0.4, -0.2) is 44.5 Å². The Kier molecular flexibility index (Phi) is 9.77. The fourth-order valence-corrected chi connectivity index (χ4v) is 2.45. The summed E-state index contributed by atoms with van der Waals surface area (Å²) in [7, 11) is 5.19. The predicted molar refractivity (Wildman–Crippen MR) is 118 cm³/mol. The Hall–Kier alpha value is -2.16. The minimum absolute atomic E-state index is 0. The molecule has 7 heteroatoms. The van der Waals surface area contributed by atoms with E-state index in [-0.39, 0.29) is 35.7 Å². The highest BCUT2D eigenvalue weighted by atomic mass is 127. The van der Waals surface area contributed by atoms with E-state index in [2.05, 4.69) is 15.6 Å². The van der Waals surface area contributed by atoms with E-state index >= 15 is 0 Å². The van der Waals surface area contributed by atoms with Crippen molar-refractivity contribution in [2.75, 3.05) is 27.7 Å². The Morgan fingerprint density at radius 2 is 1.78 bits per heavy atom. The first-order valence-electron chi connectivity index (χ1n) is 8.49. The number of carbonyl (C=O) groups is 1. The lowest BCUT2D eigenvalue weighted by atomic mass is 10.1. The standard InChI is InChI=1S/C20H25FN4O.HI/c1-22-20(24-14-16-7-9-18(21)10-8-16)23-12-11-15-5-4-6-17(13-15)19(26)25(2)3;/h4-10,13H,11-12,14H2,1-3H3,(H2,22,23,24);1H. The number of rotatable bonds is 6. The highest BCUT2D eigenvalue weighted by molar-refractivity contribution is 14.0. The summed E-state index contributed by atoms with van der Waals surface area (Å²) in [6.07, 6.45) is 0.770. The van der Waals surface area contributed by atoms with Crippen molar-refractivity contribution in [3.05, 3.63) is 71.0 Å². The monoisotopic (exact) mass is 484 g/mol. The van der Waals surface area contributed by atoms with Gasteiger partial charge >= 0.3 is 0 Å². The summed E-state index contributed by atoms with van der Waals surface area (Å²) in [5.74, 6) is 0.428.